The van der Waals surface area contributed by atoms with Gasteiger partial charge in [0.1, 0.15) is 0 Å². The van der Waals surface area contributed by atoms with E-state index in [-0.39, 0.29) is 0 Å². The van der Waals surface area contributed by atoms with E-state index in [1.54, 1.807) is 24.5 Å². The molecule has 1 saturated heterocycles. The van der Waals surface area contributed by atoms with Gasteiger partial charge in [-0.3, -0.25) is 14.2 Å². The van der Waals surface area contributed by atoms with E-state index in [1.165, 1.54) is 11.9 Å². The Balaban J connectivity index is 1.38. The molecule has 32 heavy (non-hydrogen) atoms. The minimum absolute atomic E-state index is 0.363. The van der Waals surface area contributed by atoms with Crippen LogP contribution >= 0.6 is 0 Å². The van der Waals surface area contributed by atoms with Crippen LogP contribution in [0.2, 0.25) is 0 Å². The third-order valence-corrected chi connectivity index (χ3v) is 5.74. The normalized spacial score (nSPS) is 14.6. The number of benzene rings is 1. The molecule has 1 aliphatic rings. The van der Waals surface area contributed by atoms with Gasteiger partial charge < -0.3 is 20.9 Å². The average molecular weight is 429 g/mol. The van der Waals surface area contributed by atoms with E-state index in [2.05, 4.69) is 61.4 Å². The quantitative estimate of drug-likeness (QED) is 0.503. The Labute approximate surface area is 185 Å². The molecule has 9 heteroatoms. The molecule has 4 heterocycles. The van der Waals surface area contributed by atoms with Gasteiger partial charge in [0.05, 0.1) is 23.1 Å². The van der Waals surface area contributed by atoms with Crippen LogP contribution in [-0.2, 0) is 0 Å². The lowest BCUT2D eigenvalue weighted by molar-refractivity contribution is 0.1000. The number of carbonyl (C=O) groups is 1. The number of nitrogens with one attached hydrogen (secondary N) is 1. The van der Waals surface area contributed by atoms with Gasteiger partial charge in [0.15, 0.2) is 11.5 Å². The number of aromatic nitrogens is 4. The molecule has 4 aromatic rings. The van der Waals surface area contributed by atoms with E-state index in [4.69, 9.17) is 5.73 Å². The van der Waals surface area contributed by atoms with E-state index in [1.807, 2.05) is 10.6 Å². The highest BCUT2D eigenvalue weighted by Crippen LogP contribution is 2.26. The molecule has 3 N–H and O–H groups in total. The Morgan fingerprint density at radius 2 is 1.75 bits per heavy atom. The summed E-state index contributed by atoms with van der Waals surface area (Å²) in [7, 11) is 2.16. The number of pyridine rings is 1. The standard InChI is InChI=1S/C23H24N8O/c1-29-10-12-30(13-11-29)18-5-3-17(4-6-18)28-22-23-25-8-9-31(23)20(15-27-22)19-7-2-16(14-26-19)21(24)32/h2-9,14-15H,10-13H2,1H3,(H2,24,32)(H,27,28). The number of fused-ring (bicyclic) bond motifs is 1. The molecule has 1 fully saturated rings. The smallest absolute Gasteiger partial charge is 0.250 e. The van der Waals surface area contributed by atoms with Crippen molar-refractivity contribution in [1.29, 1.82) is 0 Å². The molecule has 0 atom stereocenters. The summed E-state index contributed by atoms with van der Waals surface area (Å²) in [6, 6.07) is 11.8. The van der Waals surface area contributed by atoms with E-state index >= 15 is 0 Å². The minimum Gasteiger partial charge on any atom is -0.369 e. The van der Waals surface area contributed by atoms with Crippen molar-refractivity contribution < 1.29 is 4.79 Å². The van der Waals surface area contributed by atoms with E-state index in [0.717, 1.165) is 37.6 Å². The summed E-state index contributed by atoms with van der Waals surface area (Å²) in [5.74, 6) is 0.146. The molecule has 0 radical (unpaired) electrons. The van der Waals surface area contributed by atoms with Gasteiger partial charge >= 0.3 is 0 Å². The molecule has 5 rings (SSSR count). The molecule has 3 aromatic heterocycles. The highest BCUT2D eigenvalue weighted by Gasteiger charge is 2.15. The lowest BCUT2D eigenvalue weighted by atomic mass is 10.2. The molecule has 0 bridgehead atoms. The third-order valence-electron chi connectivity index (χ3n) is 5.74. The highest BCUT2D eigenvalue weighted by molar-refractivity contribution is 5.92. The van der Waals surface area contributed by atoms with E-state index in [0.29, 0.717) is 22.7 Å². The molecule has 9 nitrogen and oxygen atoms in total. The van der Waals surface area contributed by atoms with E-state index in [9.17, 15) is 4.79 Å². The zero-order chi connectivity index (χ0) is 22.1. The Kier molecular flexibility index (Phi) is 5.16. The summed E-state index contributed by atoms with van der Waals surface area (Å²) in [4.78, 5) is 29.5. The molecule has 1 aromatic carbocycles. The molecule has 0 unspecified atom stereocenters. The first-order valence-electron chi connectivity index (χ1n) is 10.5. The second-order valence-electron chi connectivity index (χ2n) is 7.87. The number of nitrogens with zero attached hydrogens (tertiary/aromatic N) is 6. The number of imidazole rings is 1. The summed E-state index contributed by atoms with van der Waals surface area (Å²) in [6.07, 6.45) is 6.79. The summed E-state index contributed by atoms with van der Waals surface area (Å²) < 4.78 is 1.92. The van der Waals surface area contributed by atoms with Crippen LogP contribution in [0.25, 0.3) is 17.0 Å². The summed E-state index contributed by atoms with van der Waals surface area (Å²) in [6.45, 7) is 4.23. The van der Waals surface area contributed by atoms with Gasteiger partial charge in [-0.2, -0.15) is 0 Å². The molecule has 0 saturated carbocycles. The number of amides is 1. The summed E-state index contributed by atoms with van der Waals surface area (Å²) in [5, 5.41) is 3.37. The Bertz CT molecular complexity index is 1240. The van der Waals surface area contributed by atoms with Crippen molar-refractivity contribution in [2.24, 2.45) is 5.73 Å². The first kappa shape index (κ1) is 20.0. The Morgan fingerprint density at radius 1 is 0.969 bits per heavy atom. The SMILES string of the molecule is CN1CCN(c2ccc(Nc3ncc(-c4ccc(C(N)=O)cn4)n4ccnc34)cc2)CC1. The largest absolute Gasteiger partial charge is 0.369 e. The number of hydrogen-bond donors (Lipinski definition) is 2. The van der Waals surface area contributed by atoms with Crippen LogP contribution in [0.1, 0.15) is 10.4 Å². The first-order valence-corrected chi connectivity index (χ1v) is 10.5. The number of hydrogen-bond acceptors (Lipinski definition) is 7. The van der Waals surface area contributed by atoms with Crippen LogP contribution in [0.5, 0.6) is 0 Å². The van der Waals surface area contributed by atoms with Crippen LogP contribution in [0.3, 0.4) is 0 Å². The molecule has 162 valence electrons. The summed E-state index contributed by atoms with van der Waals surface area (Å²) in [5.41, 5.74) is 9.97. The van der Waals surface area contributed by atoms with Crippen LogP contribution in [0.4, 0.5) is 17.2 Å². The number of carbonyl (C=O) groups excluding carboxylic acids is 1. The van der Waals surface area contributed by atoms with Crippen molar-refractivity contribution in [2.45, 2.75) is 0 Å². The van der Waals surface area contributed by atoms with Crippen molar-refractivity contribution in [3.05, 3.63) is 66.7 Å². The fraction of sp³-hybridized carbons (Fsp3) is 0.217. The third kappa shape index (κ3) is 3.85. The fourth-order valence-corrected chi connectivity index (χ4v) is 3.84. The zero-order valence-electron chi connectivity index (χ0n) is 17.8. The van der Waals surface area contributed by atoms with Gasteiger partial charge in [-0.25, -0.2) is 9.97 Å². The van der Waals surface area contributed by atoms with Gasteiger partial charge in [-0.05, 0) is 43.4 Å². The number of primary amides is 1. The maximum Gasteiger partial charge on any atom is 0.250 e. The van der Waals surface area contributed by atoms with Crippen molar-refractivity contribution in [3.8, 4) is 11.4 Å². The van der Waals surface area contributed by atoms with Gasteiger partial charge in [-0.1, -0.05) is 0 Å². The van der Waals surface area contributed by atoms with Crippen molar-refractivity contribution in [1.82, 2.24) is 24.3 Å². The molecule has 1 aliphatic heterocycles. The number of rotatable bonds is 5. The number of nitrogens with two attached hydrogens (primary N) is 1. The van der Waals surface area contributed by atoms with Crippen molar-refractivity contribution in [2.75, 3.05) is 43.4 Å². The van der Waals surface area contributed by atoms with Crippen molar-refractivity contribution in [3.63, 3.8) is 0 Å². The Hall–Kier alpha value is -3.98. The zero-order valence-corrected chi connectivity index (χ0v) is 17.8. The molecule has 0 spiro atoms. The lowest BCUT2D eigenvalue weighted by Crippen LogP contribution is -2.44. The number of anilines is 3. The monoisotopic (exact) mass is 428 g/mol. The number of piperazine rings is 1. The van der Waals surface area contributed by atoms with Crippen LogP contribution in [0.15, 0.2) is 61.2 Å². The molecule has 0 aliphatic carbocycles. The van der Waals surface area contributed by atoms with Gasteiger partial charge in [0.25, 0.3) is 0 Å². The number of likely N-dealkylation sites (N-methyl/N-ethyl adjacent to an activating group) is 1. The molecular formula is C23H24N8O. The topological polar surface area (TPSA) is 105 Å². The molecule has 1 amide bonds. The van der Waals surface area contributed by atoms with Crippen LogP contribution in [-0.4, -0.2) is 63.4 Å². The van der Waals surface area contributed by atoms with Crippen LogP contribution < -0.4 is 16.0 Å². The summed E-state index contributed by atoms with van der Waals surface area (Å²) >= 11 is 0. The first-order chi connectivity index (χ1) is 15.6. The lowest BCUT2D eigenvalue weighted by Gasteiger charge is -2.34. The average Bonchev–Trinajstić information content (AvgIpc) is 3.31. The maximum absolute atomic E-state index is 11.3. The second kappa shape index (κ2) is 8.27. The fourth-order valence-electron chi connectivity index (χ4n) is 3.84. The highest BCUT2D eigenvalue weighted by atomic mass is 16.1. The minimum atomic E-state index is -0.506. The van der Waals surface area contributed by atoms with Gasteiger partial charge in [0, 0.05) is 56.1 Å². The predicted molar refractivity (Wildman–Crippen MR) is 124 cm³/mol. The van der Waals surface area contributed by atoms with Gasteiger partial charge in [-0.15, -0.1) is 0 Å². The second-order valence-corrected chi connectivity index (χ2v) is 7.87. The Morgan fingerprint density at radius 3 is 2.44 bits per heavy atom. The van der Waals surface area contributed by atoms with E-state index < -0.39 is 5.91 Å². The van der Waals surface area contributed by atoms with Crippen molar-refractivity contribution >= 4 is 28.7 Å². The molecular weight excluding hydrogens is 404 g/mol. The van der Waals surface area contributed by atoms with Crippen LogP contribution in [0, 0.1) is 0 Å². The maximum atomic E-state index is 11.3. The van der Waals surface area contributed by atoms with Gasteiger partial charge in [0.2, 0.25) is 5.91 Å². The predicted octanol–water partition coefficient (Wildman–Crippen LogP) is 2.39.